The van der Waals surface area contributed by atoms with Gasteiger partial charge in [0, 0.05) is 25.9 Å². The molecule has 0 saturated heterocycles. The van der Waals surface area contributed by atoms with E-state index in [-0.39, 0.29) is 42.8 Å². The van der Waals surface area contributed by atoms with Crippen molar-refractivity contribution in [2.24, 2.45) is 0 Å². The molecule has 0 saturated carbocycles. The highest BCUT2D eigenvalue weighted by Gasteiger charge is 2.17. The Bertz CT molecular complexity index is 685. The number of hydrogen-bond donors (Lipinski definition) is 1. The van der Waals surface area contributed by atoms with Crippen LogP contribution >= 0.6 is 0 Å². The van der Waals surface area contributed by atoms with Gasteiger partial charge in [-0.3, -0.25) is 14.4 Å². The predicted molar refractivity (Wildman–Crippen MR) is 192 cm³/mol. The third kappa shape index (κ3) is 29.0. The second-order valence-electron chi connectivity index (χ2n) is 13.6. The smallest absolute Gasteiger partial charge is 0.307 e. The maximum absolute atomic E-state index is 12.6. The molecule has 47 heavy (non-hydrogen) atoms. The molecule has 0 aliphatic heterocycles. The highest BCUT2D eigenvalue weighted by Crippen LogP contribution is 2.19. The highest BCUT2D eigenvalue weighted by atomic mass is 16.6. The Morgan fingerprint density at radius 1 is 0.468 bits per heavy atom. The number of esters is 3. The number of aliphatic hydroxyl groups excluding tert-OH is 1. The Morgan fingerprint density at radius 2 is 0.787 bits per heavy atom. The van der Waals surface area contributed by atoms with E-state index in [2.05, 4.69) is 27.7 Å². The van der Waals surface area contributed by atoms with Crippen LogP contribution in [-0.2, 0) is 28.6 Å². The van der Waals surface area contributed by atoms with Crippen LogP contribution in [0.4, 0.5) is 0 Å². The number of aliphatic hydroxyl groups is 1. The molecule has 8 nitrogen and oxygen atoms in total. The second-order valence-corrected chi connectivity index (χ2v) is 13.6. The van der Waals surface area contributed by atoms with E-state index in [1.165, 1.54) is 0 Å². The van der Waals surface area contributed by atoms with Crippen molar-refractivity contribution in [3.8, 4) is 0 Å². The van der Waals surface area contributed by atoms with Gasteiger partial charge < -0.3 is 24.2 Å². The van der Waals surface area contributed by atoms with Gasteiger partial charge in [-0.15, -0.1) is 0 Å². The van der Waals surface area contributed by atoms with Crippen molar-refractivity contribution >= 4 is 17.9 Å². The fourth-order valence-corrected chi connectivity index (χ4v) is 5.80. The van der Waals surface area contributed by atoms with Crippen molar-refractivity contribution < 1.29 is 33.7 Å². The van der Waals surface area contributed by atoms with Crippen LogP contribution in [0.3, 0.4) is 0 Å². The summed E-state index contributed by atoms with van der Waals surface area (Å²) in [6.45, 7) is 9.84. The number of likely N-dealkylation sites (N-methyl/N-ethyl adjacent to an activating group) is 1. The summed E-state index contributed by atoms with van der Waals surface area (Å²) in [6.07, 6.45) is 23.1. The lowest BCUT2D eigenvalue weighted by Gasteiger charge is -2.20. The van der Waals surface area contributed by atoms with Gasteiger partial charge in [-0.2, -0.15) is 0 Å². The summed E-state index contributed by atoms with van der Waals surface area (Å²) in [5.74, 6) is -0.325. The average Bonchev–Trinajstić information content (AvgIpc) is 3.05. The summed E-state index contributed by atoms with van der Waals surface area (Å²) in [5, 5.41) is 9.12. The minimum atomic E-state index is -0.188. The normalized spacial score (nSPS) is 11.6. The molecule has 0 rings (SSSR count). The van der Waals surface area contributed by atoms with Gasteiger partial charge in [-0.25, -0.2) is 0 Å². The maximum Gasteiger partial charge on any atom is 0.307 e. The van der Waals surface area contributed by atoms with Gasteiger partial charge in [0.15, 0.2) is 0 Å². The topological polar surface area (TPSA) is 102 Å². The lowest BCUT2D eigenvalue weighted by Crippen LogP contribution is -2.27. The highest BCUT2D eigenvalue weighted by molar-refractivity contribution is 5.70. The Morgan fingerprint density at radius 3 is 1.13 bits per heavy atom. The van der Waals surface area contributed by atoms with Crippen LogP contribution in [-0.4, -0.2) is 73.0 Å². The Balaban J connectivity index is 4.55. The molecule has 0 spiro atoms. The zero-order chi connectivity index (χ0) is 35.0. The molecule has 8 heteroatoms. The SMILES string of the molecule is CCCCC(CCCC)OC(=O)CCCCCCC(CCCCCCC(=O)OC(CCCC)CCCC)OC(=O)CCN(C)CCO. The van der Waals surface area contributed by atoms with Gasteiger partial charge in [0.05, 0.1) is 13.0 Å². The summed E-state index contributed by atoms with van der Waals surface area (Å²) in [6, 6.07) is 0. The van der Waals surface area contributed by atoms with Crippen molar-refractivity contribution in [3.05, 3.63) is 0 Å². The minimum absolute atomic E-state index is 0.0635. The number of carbonyl (C=O) groups excluding carboxylic acids is 3. The van der Waals surface area contributed by atoms with E-state index in [0.29, 0.717) is 32.4 Å². The van der Waals surface area contributed by atoms with Crippen molar-refractivity contribution in [2.75, 3.05) is 26.7 Å². The number of ether oxygens (including phenoxy) is 3. The molecule has 0 aliphatic carbocycles. The van der Waals surface area contributed by atoms with Gasteiger partial charge in [0.25, 0.3) is 0 Å². The molecular weight excluding hydrogens is 594 g/mol. The van der Waals surface area contributed by atoms with Gasteiger partial charge in [-0.05, 0) is 71.3 Å². The number of nitrogens with zero attached hydrogens (tertiary/aromatic N) is 1. The molecule has 1 N–H and O–H groups in total. The van der Waals surface area contributed by atoms with Gasteiger partial charge in [0.1, 0.15) is 18.3 Å². The third-order valence-corrected chi connectivity index (χ3v) is 8.91. The van der Waals surface area contributed by atoms with Crippen LogP contribution in [0.2, 0.25) is 0 Å². The molecule has 0 aliphatic rings. The molecule has 0 fully saturated rings. The molecule has 0 aromatic carbocycles. The Kier molecular flexibility index (Phi) is 31.7. The van der Waals surface area contributed by atoms with Crippen molar-refractivity contribution in [3.63, 3.8) is 0 Å². The molecule has 0 heterocycles. The first-order chi connectivity index (χ1) is 22.8. The molecule has 0 bridgehead atoms. The average molecular weight is 670 g/mol. The molecule has 0 aromatic rings. The van der Waals surface area contributed by atoms with E-state index in [4.69, 9.17) is 19.3 Å². The van der Waals surface area contributed by atoms with E-state index in [0.717, 1.165) is 141 Å². The second kappa shape index (κ2) is 32.9. The first-order valence-corrected chi connectivity index (χ1v) is 19.7. The van der Waals surface area contributed by atoms with Crippen LogP contribution in [0.25, 0.3) is 0 Å². The minimum Gasteiger partial charge on any atom is -0.462 e. The van der Waals surface area contributed by atoms with E-state index < -0.39 is 0 Å². The summed E-state index contributed by atoms with van der Waals surface area (Å²) < 4.78 is 17.5. The fraction of sp³-hybridized carbons (Fsp3) is 0.923. The molecular formula is C39H75NO7. The number of hydrogen-bond acceptors (Lipinski definition) is 8. The first kappa shape index (κ1) is 45.3. The van der Waals surface area contributed by atoms with Gasteiger partial charge in [0.2, 0.25) is 0 Å². The number of rotatable bonds is 34. The molecule has 0 unspecified atom stereocenters. The van der Waals surface area contributed by atoms with Crippen LogP contribution in [0, 0.1) is 0 Å². The van der Waals surface area contributed by atoms with Crippen LogP contribution in [0.1, 0.15) is 188 Å². The lowest BCUT2D eigenvalue weighted by molar-refractivity contribution is -0.151. The monoisotopic (exact) mass is 670 g/mol. The van der Waals surface area contributed by atoms with E-state index in [1.54, 1.807) is 0 Å². The molecule has 0 atom stereocenters. The van der Waals surface area contributed by atoms with E-state index >= 15 is 0 Å². The Labute approximate surface area is 289 Å². The largest absolute Gasteiger partial charge is 0.462 e. The standard InChI is InChI=1S/C39H75NO7/c1-6-10-22-34(23-11-7-2)45-37(42)28-20-16-14-18-26-36(47-39(44)30-31-40(5)32-33-41)27-19-15-17-21-29-38(43)46-35(24-12-8-3)25-13-9-4/h34-36,41H,6-33H2,1-5H3. The molecule has 0 radical (unpaired) electrons. The quantitative estimate of drug-likeness (QED) is 0.0411. The summed E-state index contributed by atoms with van der Waals surface area (Å²) in [7, 11) is 1.89. The fourth-order valence-electron chi connectivity index (χ4n) is 5.80. The Hall–Kier alpha value is -1.67. The summed E-state index contributed by atoms with van der Waals surface area (Å²) in [5.41, 5.74) is 0. The third-order valence-electron chi connectivity index (χ3n) is 8.91. The summed E-state index contributed by atoms with van der Waals surface area (Å²) >= 11 is 0. The van der Waals surface area contributed by atoms with E-state index in [9.17, 15) is 14.4 Å². The van der Waals surface area contributed by atoms with Crippen molar-refractivity contribution in [2.45, 2.75) is 207 Å². The zero-order valence-corrected chi connectivity index (χ0v) is 31.4. The van der Waals surface area contributed by atoms with Crippen molar-refractivity contribution in [1.82, 2.24) is 4.90 Å². The maximum atomic E-state index is 12.6. The van der Waals surface area contributed by atoms with Crippen LogP contribution in [0.5, 0.6) is 0 Å². The van der Waals surface area contributed by atoms with Gasteiger partial charge >= 0.3 is 17.9 Å². The number of carbonyl (C=O) groups is 3. The number of unbranched alkanes of at least 4 members (excludes halogenated alkanes) is 10. The molecule has 278 valence electrons. The predicted octanol–water partition coefficient (Wildman–Crippen LogP) is 9.48. The van der Waals surface area contributed by atoms with E-state index in [1.807, 2.05) is 11.9 Å². The van der Waals surface area contributed by atoms with Crippen LogP contribution in [0.15, 0.2) is 0 Å². The van der Waals surface area contributed by atoms with Gasteiger partial charge in [-0.1, -0.05) is 105 Å². The van der Waals surface area contributed by atoms with Crippen molar-refractivity contribution in [1.29, 1.82) is 0 Å². The summed E-state index contributed by atoms with van der Waals surface area (Å²) in [4.78, 5) is 39.4. The molecule has 0 aromatic heterocycles. The first-order valence-electron chi connectivity index (χ1n) is 19.7. The van der Waals surface area contributed by atoms with Crippen LogP contribution < -0.4 is 0 Å². The molecule has 0 amide bonds. The lowest BCUT2D eigenvalue weighted by atomic mass is 10.0. The zero-order valence-electron chi connectivity index (χ0n) is 31.4.